The minimum atomic E-state index is -4.26. The number of hydrogen-bond donors (Lipinski definition) is 0. The molecule has 0 rings (SSSR count). The van der Waals surface area contributed by atoms with E-state index in [-0.39, 0.29) is 42.0 Å². The number of unbranched alkanes of at least 4 members (excludes halogenated alkanes) is 8. The summed E-state index contributed by atoms with van der Waals surface area (Å²) in [6, 6.07) is 0. The van der Waals surface area contributed by atoms with Gasteiger partial charge >= 0.3 is 29.6 Å². The van der Waals surface area contributed by atoms with E-state index >= 15 is 0 Å². The van der Waals surface area contributed by atoms with E-state index in [2.05, 4.69) is 31.2 Å². The van der Waals surface area contributed by atoms with Gasteiger partial charge in [-0.25, -0.2) is 8.42 Å². The zero-order chi connectivity index (χ0) is 20.4. The average molecular weight is 424 g/mol. The number of carbonyl (C=O) groups excluding carboxylic acids is 1. The molecule has 0 aromatic carbocycles. The van der Waals surface area contributed by atoms with Crippen molar-refractivity contribution in [3.63, 3.8) is 0 Å². The molecule has 0 saturated heterocycles. The maximum Gasteiger partial charge on any atom is 1.00 e. The Morgan fingerprint density at radius 3 is 2.00 bits per heavy atom. The largest absolute Gasteiger partial charge is 1.00 e. The van der Waals surface area contributed by atoms with Gasteiger partial charge in [-0.1, -0.05) is 63.3 Å². The second kappa shape index (κ2) is 20.1. The van der Waals surface area contributed by atoms with Crippen molar-refractivity contribution in [3.05, 3.63) is 24.3 Å². The van der Waals surface area contributed by atoms with Crippen molar-refractivity contribution in [2.24, 2.45) is 0 Å². The number of carbonyl (C=O) groups is 1. The molecule has 0 unspecified atom stereocenters. The maximum atomic E-state index is 11.8. The molecule has 0 spiro atoms. The monoisotopic (exact) mass is 423 g/mol. The van der Waals surface area contributed by atoms with E-state index in [1.165, 1.54) is 37.0 Å². The fraction of sp³-hybridized carbons (Fsp3) is 0.762. The van der Waals surface area contributed by atoms with Gasteiger partial charge < -0.3 is 9.45 Å². The summed E-state index contributed by atoms with van der Waals surface area (Å²) in [5, 5.41) is 0. The zero-order valence-electron chi connectivity index (χ0n) is 18.2. The Hall–Kier alpha value is -0.140. The molecule has 7 heteroatoms. The topological polar surface area (TPSA) is 77.5 Å². The molecule has 0 aliphatic carbocycles. The molecule has 0 fully saturated rings. The van der Waals surface area contributed by atoms with Crippen LogP contribution in [0.2, 0.25) is 0 Å². The van der Waals surface area contributed by atoms with Gasteiger partial charge in [-0.3, -0.25) is 4.79 Å². The summed E-state index contributed by atoms with van der Waals surface area (Å²) in [6.07, 6.45) is 21.9. The predicted molar refractivity (Wildman–Crippen MR) is 112 cm³/mol. The molecule has 0 heterocycles. The molecule has 0 aromatic rings. The first-order valence-corrected chi connectivity index (χ1v) is 11.9. The van der Waals surface area contributed by atoms with Crippen LogP contribution >= 0.6 is 0 Å². The summed E-state index contributed by atoms with van der Waals surface area (Å²) in [7, 11) is -2.71. The van der Waals surface area contributed by atoms with Gasteiger partial charge in [-0.2, -0.15) is 0 Å². The molecule has 0 atom stereocenters. The molecule has 0 saturated carbocycles. The van der Waals surface area contributed by atoms with Gasteiger partial charge in [0.25, 0.3) is 0 Å². The van der Waals surface area contributed by atoms with E-state index in [1.807, 2.05) is 0 Å². The Morgan fingerprint density at radius 2 is 1.43 bits per heavy atom. The van der Waals surface area contributed by atoms with Crippen molar-refractivity contribution in [2.45, 2.75) is 84.0 Å². The Kier molecular flexibility index (Phi) is 21.6. The van der Waals surface area contributed by atoms with Crippen LogP contribution in [-0.4, -0.2) is 43.1 Å². The molecule has 0 bridgehead atoms. The van der Waals surface area contributed by atoms with Crippen molar-refractivity contribution in [1.82, 2.24) is 4.90 Å². The summed E-state index contributed by atoms with van der Waals surface area (Å²) in [5.74, 6) is -0.610. The summed E-state index contributed by atoms with van der Waals surface area (Å²) in [5.41, 5.74) is 0. The van der Waals surface area contributed by atoms with Crippen LogP contribution in [0.5, 0.6) is 0 Å². The minimum Gasteiger partial charge on any atom is -0.748 e. The van der Waals surface area contributed by atoms with Crippen molar-refractivity contribution < 1.29 is 47.3 Å². The third-order valence-corrected chi connectivity index (χ3v) is 5.13. The fourth-order valence-corrected chi connectivity index (χ4v) is 3.15. The number of rotatable bonds is 17. The van der Waals surface area contributed by atoms with Crippen LogP contribution in [0.3, 0.4) is 0 Å². The van der Waals surface area contributed by atoms with Gasteiger partial charge in [-0.05, 0) is 38.5 Å². The molecule has 0 aliphatic rings. The maximum absolute atomic E-state index is 11.8. The van der Waals surface area contributed by atoms with Gasteiger partial charge in [0.05, 0.1) is 15.9 Å². The van der Waals surface area contributed by atoms with E-state index < -0.39 is 15.9 Å². The molecule has 28 heavy (non-hydrogen) atoms. The molecular formula is C21H38NNaO4S. The van der Waals surface area contributed by atoms with Crippen molar-refractivity contribution >= 4 is 16.0 Å². The fourth-order valence-electron chi connectivity index (χ4n) is 2.65. The van der Waals surface area contributed by atoms with E-state index in [1.54, 1.807) is 7.05 Å². The van der Waals surface area contributed by atoms with Gasteiger partial charge in [0, 0.05) is 20.0 Å². The normalized spacial score (nSPS) is 11.8. The minimum absolute atomic E-state index is 0. The Labute approximate surface area is 195 Å². The smallest absolute Gasteiger partial charge is 0.748 e. The van der Waals surface area contributed by atoms with Crippen molar-refractivity contribution in [2.75, 3.05) is 19.3 Å². The Balaban J connectivity index is 0. The summed E-state index contributed by atoms with van der Waals surface area (Å²) in [4.78, 5) is 13.1. The molecule has 0 aliphatic heterocycles. The van der Waals surface area contributed by atoms with Crippen LogP contribution in [-0.2, 0) is 14.9 Å². The van der Waals surface area contributed by atoms with Crippen LogP contribution < -0.4 is 29.6 Å². The zero-order valence-corrected chi connectivity index (χ0v) is 21.0. The number of allylic oxidation sites excluding steroid dienone is 4. The Bertz CT molecular complexity index is 533. The first-order valence-electron chi connectivity index (χ1n) is 10.3. The molecule has 158 valence electrons. The summed E-state index contributed by atoms with van der Waals surface area (Å²) in [6.45, 7) is 2.20. The SMILES string of the molecule is CCCCC/C=C\C/C=C\CCCCCCCC(=O)N(C)CCS(=O)(=O)[O-].[Na+]. The molecule has 0 radical (unpaired) electrons. The number of hydrogen-bond acceptors (Lipinski definition) is 4. The van der Waals surface area contributed by atoms with E-state index in [9.17, 15) is 17.8 Å². The molecule has 0 aromatic heterocycles. The summed E-state index contributed by atoms with van der Waals surface area (Å²) < 4.78 is 31.7. The molecular weight excluding hydrogens is 385 g/mol. The van der Waals surface area contributed by atoms with Crippen LogP contribution in [0.15, 0.2) is 24.3 Å². The summed E-state index contributed by atoms with van der Waals surface area (Å²) >= 11 is 0. The van der Waals surface area contributed by atoms with Gasteiger partial charge in [0.15, 0.2) is 0 Å². The van der Waals surface area contributed by atoms with Crippen molar-refractivity contribution in [3.8, 4) is 0 Å². The third-order valence-electron chi connectivity index (χ3n) is 4.44. The average Bonchev–Trinajstić information content (AvgIpc) is 2.62. The third kappa shape index (κ3) is 22.2. The first-order chi connectivity index (χ1) is 12.9. The van der Waals surface area contributed by atoms with Crippen LogP contribution in [0.1, 0.15) is 84.0 Å². The second-order valence-corrected chi connectivity index (χ2v) is 8.58. The van der Waals surface area contributed by atoms with Gasteiger partial charge in [0.2, 0.25) is 5.91 Å². The van der Waals surface area contributed by atoms with Crippen LogP contribution in [0.25, 0.3) is 0 Å². The standard InChI is InChI=1S/C21H39NO4S.Na/c1-3-4-5-6-7-8-9-10-11-12-13-14-15-16-17-18-21(23)22(2)19-20-27(24,25)26;/h7-8,10-11H,3-6,9,12-20H2,1-2H3,(H,24,25,26);/q;+1/p-1/b8-7-,11-10-;. The number of nitrogens with zero attached hydrogens (tertiary/aromatic N) is 1. The van der Waals surface area contributed by atoms with E-state index in [4.69, 9.17) is 0 Å². The quantitative estimate of drug-likeness (QED) is 0.155. The molecule has 0 N–H and O–H groups in total. The molecule has 1 amide bonds. The van der Waals surface area contributed by atoms with E-state index in [0.29, 0.717) is 6.42 Å². The second-order valence-electron chi connectivity index (χ2n) is 7.06. The Morgan fingerprint density at radius 1 is 0.893 bits per heavy atom. The number of amides is 1. The van der Waals surface area contributed by atoms with Gasteiger partial charge in [0.1, 0.15) is 0 Å². The predicted octanol–water partition coefficient (Wildman–Crippen LogP) is 1.81. The van der Waals surface area contributed by atoms with Crippen LogP contribution in [0.4, 0.5) is 0 Å². The van der Waals surface area contributed by atoms with Crippen molar-refractivity contribution in [1.29, 1.82) is 0 Å². The molecule has 5 nitrogen and oxygen atoms in total. The van der Waals surface area contributed by atoms with Crippen LogP contribution in [0, 0.1) is 0 Å². The van der Waals surface area contributed by atoms with Gasteiger partial charge in [-0.15, -0.1) is 0 Å². The first kappa shape index (κ1) is 30.1. The van der Waals surface area contributed by atoms with E-state index in [0.717, 1.165) is 38.5 Å².